The average molecular weight is 330 g/mol. The Kier molecular flexibility index (Phi) is 5.30. The fourth-order valence-electron chi connectivity index (χ4n) is 2.25. The van der Waals surface area contributed by atoms with Gasteiger partial charge in [0.1, 0.15) is 4.32 Å². The predicted octanol–water partition coefficient (Wildman–Crippen LogP) is 2.32. The summed E-state index contributed by atoms with van der Waals surface area (Å²) < 4.78 is 0.194. The molecule has 0 spiro atoms. The summed E-state index contributed by atoms with van der Waals surface area (Å²) in [6, 6.07) is 15.3. The highest BCUT2D eigenvalue weighted by Gasteiger charge is 2.28. The van der Waals surface area contributed by atoms with E-state index >= 15 is 0 Å². The van der Waals surface area contributed by atoms with Crippen LogP contribution in [-0.4, -0.2) is 16.1 Å². The number of benzene rings is 2. The fraction of sp³-hybridized carbons (Fsp3) is 0.0625. The molecule has 0 bridgehead atoms. The molecule has 3 N–H and O–H groups in total. The highest BCUT2D eigenvalue weighted by atomic mass is 32.1. The van der Waals surface area contributed by atoms with Crippen molar-refractivity contribution in [3.63, 3.8) is 0 Å². The molecule has 0 unspecified atom stereocenters. The number of thiocarbonyl (C=S) groups is 1. The molecular weight excluding hydrogens is 316 g/mol. The summed E-state index contributed by atoms with van der Waals surface area (Å²) in [5.41, 5.74) is 7.72. The third kappa shape index (κ3) is 3.93. The van der Waals surface area contributed by atoms with Gasteiger partial charge in [-0.25, -0.2) is 0 Å². The van der Waals surface area contributed by atoms with Gasteiger partial charge in [-0.2, -0.15) is 0 Å². The van der Waals surface area contributed by atoms with E-state index in [1.54, 1.807) is 6.07 Å². The van der Waals surface area contributed by atoms with Crippen molar-refractivity contribution >= 4 is 41.0 Å². The van der Waals surface area contributed by atoms with E-state index in [1.807, 2.05) is 42.5 Å². The van der Waals surface area contributed by atoms with Gasteiger partial charge in [-0.05, 0) is 23.6 Å². The van der Waals surface area contributed by atoms with Crippen LogP contribution in [0.15, 0.2) is 48.5 Å². The molecule has 2 aromatic rings. The lowest BCUT2D eigenvalue weighted by Crippen LogP contribution is -2.20. The number of amides is 2. The molecule has 1 aliphatic rings. The van der Waals surface area contributed by atoms with Gasteiger partial charge < -0.3 is 5.73 Å². The third-order valence-corrected chi connectivity index (χ3v) is 3.09. The summed E-state index contributed by atoms with van der Waals surface area (Å²) in [7, 11) is 0. The van der Waals surface area contributed by atoms with Crippen LogP contribution >= 0.6 is 24.8 Å². The first-order valence-corrected chi connectivity index (χ1v) is 7.34. The molecule has 4 nitrogen and oxygen atoms in total. The topological polar surface area (TPSA) is 72.2 Å². The van der Waals surface area contributed by atoms with E-state index in [2.05, 4.69) is 30.2 Å². The Labute approximate surface area is 139 Å². The lowest BCUT2D eigenvalue weighted by atomic mass is 9.97. The fourth-order valence-corrected chi connectivity index (χ4v) is 2.25. The van der Waals surface area contributed by atoms with Gasteiger partial charge in [-0.1, -0.05) is 54.7 Å². The van der Waals surface area contributed by atoms with Gasteiger partial charge in [0.25, 0.3) is 11.8 Å². The molecule has 1 aliphatic heterocycles. The van der Waals surface area contributed by atoms with Crippen LogP contribution in [0.4, 0.5) is 0 Å². The number of nitrogens with two attached hydrogens (primary N) is 1. The van der Waals surface area contributed by atoms with Crippen molar-refractivity contribution in [1.82, 2.24) is 5.32 Å². The number of carbonyl (C=O) groups is 2. The molecule has 22 heavy (non-hydrogen) atoms. The number of thiol groups is 1. The van der Waals surface area contributed by atoms with Crippen LogP contribution in [0.3, 0.4) is 0 Å². The Morgan fingerprint density at radius 1 is 1.05 bits per heavy atom. The molecule has 0 fully saturated rings. The standard InChI is InChI=1S/C15H11NO2.CH3NS2/c17-14-12-8-4-7-11(13(12)15(18)16-14)9-10-5-2-1-3-6-10;2-1(3)4/h1-8H,9H2,(H,16,17,18);(H3,2,3,4). The van der Waals surface area contributed by atoms with Crippen LogP contribution in [0.1, 0.15) is 31.8 Å². The van der Waals surface area contributed by atoms with Crippen molar-refractivity contribution in [2.75, 3.05) is 0 Å². The molecule has 0 atom stereocenters. The number of hydrogen-bond acceptors (Lipinski definition) is 3. The van der Waals surface area contributed by atoms with E-state index < -0.39 is 0 Å². The number of carbonyl (C=O) groups excluding carboxylic acids is 2. The summed E-state index contributed by atoms with van der Waals surface area (Å²) in [6.07, 6.45) is 0.657. The van der Waals surface area contributed by atoms with Crippen LogP contribution in [0, 0.1) is 0 Å². The Morgan fingerprint density at radius 3 is 2.32 bits per heavy atom. The molecule has 1 heterocycles. The van der Waals surface area contributed by atoms with Crippen molar-refractivity contribution < 1.29 is 9.59 Å². The van der Waals surface area contributed by atoms with Crippen molar-refractivity contribution in [3.05, 3.63) is 70.8 Å². The van der Waals surface area contributed by atoms with E-state index in [-0.39, 0.29) is 16.1 Å². The van der Waals surface area contributed by atoms with Crippen molar-refractivity contribution in [3.8, 4) is 0 Å². The summed E-state index contributed by atoms with van der Waals surface area (Å²) in [5.74, 6) is -0.591. The first-order valence-electron chi connectivity index (χ1n) is 6.49. The van der Waals surface area contributed by atoms with Gasteiger partial charge in [0.2, 0.25) is 0 Å². The second-order valence-electron chi connectivity index (χ2n) is 4.62. The second kappa shape index (κ2) is 7.20. The van der Waals surface area contributed by atoms with Crippen LogP contribution in [0.2, 0.25) is 0 Å². The minimum Gasteiger partial charge on any atom is -0.385 e. The van der Waals surface area contributed by atoms with Gasteiger partial charge in [-0.3, -0.25) is 14.9 Å². The second-order valence-corrected chi connectivity index (χ2v) is 5.85. The van der Waals surface area contributed by atoms with Crippen molar-refractivity contribution in [1.29, 1.82) is 0 Å². The first-order chi connectivity index (χ1) is 10.5. The minimum atomic E-state index is -0.301. The molecular formula is C16H14N2O2S2. The molecule has 2 amide bonds. The normalized spacial score (nSPS) is 12.0. The van der Waals surface area contributed by atoms with Crippen LogP contribution in [0.25, 0.3) is 0 Å². The lowest BCUT2D eigenvalue weighted by Gasteiger charge is -2.05. The first kappa shape index (κ1) is 16.2. The molecule has 0 saturated carbocycles. The Balaban J connectivity index is 0.000000396. The summed E-state index contributed by atoms with van der Waals surface area (Å²) in [6.45, 7) is 0. The maximum atomic E-state index is 11.8. The maximum Gasteiger partial charge on any atom is 0.259 e. The van der Waals surface area contributed by atoms with E-state index in [1.165, 1.54) is 0 Å². The molecule has 3 rings (SSSR count). The number of hydrogen-bond donors (Lipinski definition) is 3. The molecule has 6 heteroatoms. The van der Waals surface area contributed by atoms with Gasteiger partial charge in [0.05, 0.1) is 11.1 Å². The SMILES string of the molecule is NC(=S)S.O=C1NC(=O)c2c(Cc3ccccc3)cccc21. The maximum absolute atomic E-state index is 11.8. The smallest absolute Gasteiger partial charge is 0.259 e. The van der Waals surface area contributed by atoms with Crippen LogP contribution in [0.5, 0.6) is 0 Å². The molecule has 2 aromatic carbocycles. The van der Waals surface area contributed by atoms with Gasteiger partial charge in [0.15, 0.2) is 0 Å². The summed E-state index contributed by atoms with van der Waals surface area (Å²) >= 11 is 7.65. The van der Waals surface area contributed by atoms with Crippen LogP contribution in [-0.2, 0) is 6.42 Å². The number of rotatable bonds is 2. The zero-order valence-electron chi connectivity index (χ0n) is 11.6. The quantitative estimate of drug-likeness (QED) is 0.449. The molecule has 0 radical (unpaired) electrons. The molecule has 0 aromatic heterocycles. The Morgan fingerprint density at radius 2 is 1.68 bits per heavy atom. The van der Waals surface area contributed by atoms with Crippen molar-refractivity contribution in [2.24, 2.45) is 5.73 Å². The largest absolute Gasteiger partial charge is 0.385 e. The average Bonchev–Trinajstić information content (AvgIpc) is 2.76. The third-order valence-electron chi connectivity index (χ3n) is 3.09. The van der Waals surface area contributed by atoms with E-state index in [9.17, 15) is 9.59 Å². The Hall–Kier alpha value is -2.18. The lowest BCUT2D eigenvalue weighted by molar-refractivity contribution is 0.0879. The highest BCUT2D eigenvalue weighted by Crippen LogP contribution is 2.22. The highest BCUT2D eigenvalue weighted by molar-refractivity contribution is 8.10. The van der Waals surface area contributed by atoms with Gasteiger partial charge in [-0.15, -0.1) is 12.6 Å². The minimum absolute atomic E-state index is 0.194. The Bertz CT molecular complexity index is 726. The van der Waals surface area contributed by atoms with Crippen molar-refractivity contribution in [2.45, 2.75) is 6.42 Å². The zero-order chi connectivity index (χ0) is 16.1. The van der Waals surface area contributed by atoms with E-state index in [4.69, 9.17) is 5.73 Å². The van der Waals surface area contributed by atoms with E-state index in [0.717, 1.165) is 11.1 Å². The van der Waals surface area contributed by atoms with Gasteiger partial charge >= 0.3 is 0 Å². The zero-order valence-corrected chi connectivity index (χ0v) is 13.3. The predicted molar refractivity (Wildman–Crippen MR) is 93.3 cm³/mol. The monoisotopic (exact) mass is 330 g/mol. The molecule has 112 valence electrons. The molecule has 0 aliphatic carbocycles. The summed E-state index contributed by atoms with van der Waals surface area (Å²) in [4.78, 5) is 23.3. The number of nitrogens with one attached hydrogen (secondary N) is 1. The molecule has 0 saturated heterocycles. The van der Waals surface area contributed by atoms with Crippen LogP contribution < -0.4 is 11.1 Å². The number of imide groups is 1. The van der Waals surface area contributed by atoms with Gasteiger partial charge in [0, 0.05) is 0 Å². The summed E-state index contributed by atoms with van der Waals surface area (Å²) in [5, 5.41) is 2.33. The number of fused-ring (bicyclic) bond motifs is 1. The van der Waals surface area contributed by atoms with E-state index in [0.29, 0.717) is 17.5 Å².